The fourth-order valence-electron chi connectivity index (χ4n) is 4.07. The van der Waals surface area contributed by atoms with Crippen LogP contribution in [0.15, 0.2) is 84.1 Å². The molecule has 0 saturated heterocycles. The van der Waals surface area contributed by atoms with E-state index in [-0.39, 0.29) is 11.7 Å². The molecule has 8 heteroatoms. The highest BCUT2D eigenvalue weighted by molar-refractivity contribution is 7.99. The van der Waals surface area contributed by atoms with Gasteiger partial charge in [0.1, 0.15) is 5.75 Å². The van der Waals surface area contributed by atoms with Gasteiger partial charge in [-0.2, -0.15) is 0 Å². The van der Waals surface area contributed by atoms with Crippen LogP contribution in [0.1, 0.15) is 11.1 Å². The zero-order valence-electron chi connectivity index (χ0n) is 20.2. The maximum absolute atomic E-state index is 12.6. The third-order valence-electron chi connectivity index (χ3n) is 6.00. The van der Waals surface area contributed by atoms with Gasteiger partial charge in [0.25, 0.3) is 0 Å². The van der Waals surface area contributed by atoms with Crippen molar-refractivity contribution in [3.8, 4) is 22.8 Å². The summed E-state index contributed by atoms with van der Waals surface area (Å²) in [4.78, 5) is 15.9. The van der Waals surface area contributed by atoms with Crippen molar-refractivity contribution < 1.29 is 9.53 Å². The molecule has 0 bridgehead atoms. The van der Waals surface area contributed by atoms with Crippen LogP contribution in [0.4, 0.5) is 0 Å². The summed E-state index contributed by atoms with van der Waals surface area (Å²) in [7, 11) is 1.64. The van der Waals surface area contributed by atoms with E-state index in [4.69, 9.17) is 4.74 Å². The fourth-order valence-corrected chi connectivity index (χ4v) is 4.86. The number of ether oxygens (including phenoxy) is 1. The van der Waals surface area contributed by atoms with Crippen LogP contribution < -0.4 is 10.1 Å². The number of thioether (sulfide) groups is 1. The molecule has 0 atom stereocenters. The number of benzene rings is 3. The van der Waals surface area contributed by atoms with Crippen molar-refractivity contribution in [1.82, 2.24) is 25.1 Å². The van der Waals surface area contributed by atoms with E-state index in [1.807, 2.05) is 59.3 Å². The van der Waals surface area contributed by atoms with Gasteiger partial charge in [-0.15, -0.1) is 10.2 Å². The summed E-state index contributed by atoms with van der Waals surface area (Å²) in [5.41, 5.74) is 5.33. The largest absolute Gasteiger partial charge is 0.497 e. The van der Waals surface area contributed by atoms with E-state index >= 15 is 0 Å². The van der Waals surface area contributed by atoms with E-state index in [0.717, 1.165) is 28.9 Å². The number of aromatic nitrogens is 4. The Morgan fingerprint density at radius 2 is 1.81 bits per heavy atom. The van der Waals surface area contributed by atoms with E-state index in [2.05, 4.69) is 51.7 Å². The maximum Gasteiger partial charge on any atom is 0.230 e. The Balaban J connectivity index is 1.28. The molecule has 3 aromatic carbocycles. The summed E-state index contributed by atoms with van der Waals surface area (Å²) >= 11 is 1.37. The van der Waals surface area contributed by atoms with Crippen molar-refractivity contribution in [2.75, 3.05) is 19.4 Å². The van der Waals surface area contributed by atoms with Crippen LogP contribution in [-0.2, 0) is 11.2 Å². The molecular formula is C28H27N5O2S. The molecule has 0 saturated carbocycles. The Bertz CT molecular complexity index is 1470. The monoisotopic (exact) mass is 497 g/mol. The number of nitrogens with zero attached hydrogens (tertiary/aromatic N) is 3. The molecule has 0 radical (unpaired) electrons. The molecule has 2 N–H and O–H groups in total. The molecule has 36 heavy (non-hydrogen) atoms. The highest BCUT2D eigenvalue weighted by Gasteiger charge is 2.17. The zero-order valence-corrected chi connectivity index (χ0v) is 21.0. The standard InChI is InChI=1S/C28H27N5O2S/c1-19-7-11-22(12-8-19)33-27(20-9-13-23(35-2)14-10-20)31-32-28(33)36-18-26(34)29-16-15-21-17-30-25-6-4-3-5-24(21)25/h3-14,17,30H,15-16,18H2,1-2H3,(H,29,34). The molecule has 2 aromatic heterocycles. The molecule has 0 aliphatic heterocycles. The average Bonchev–Trinajstić information content (AvgIpc) is 3.52. The predicted molar refractivity (Wildman–Crippen MR) is 144 cm³/mol. The number of aryl methyl sites for hydroxylation is 1. The third kappa shape index (κ3) is 5.13. The number of para-hydroxylation sites is 1. The highest BCUT2D eigenvalue weighted by atomic mass is 32.2. The van der Waals surface area contributed by atoms with Crippen LogP contribution in [0, 0.1) is 6.92 Å². The van der Waals surface area contributed by atoms with E-state index in [1.54, 1.807) is 7.11 Å². The van der Waals surface area contributed by atoms with E-state index in [0.29, 0.717) is 17.5 Å². The molecule has 5 aromatic rings. The van der Waals surface area contributed by atoms with Crippen LogP contribution in [0.3, 0.4) is 0 Å². The molecule has 0 spiro atoms. The van der Waals surface area contributed by atoms with Crippen molar-refractivity contribution in [2.45, 2.75) is 18.5 Å². The van der Waals surface area contributed by atoms with Gasteiger partial charge in [0.05, 0.1) is 12.9 Å². The van der Waals surface area contributed by atoms with Crippen LogP contribution in [0.25, 0.3) is 28.0 Å². The highest BCUT2D eigenvalue weighted by Crippen LogP contribution is 2.29. The SMILES string of the molecule is COc1ccc(-c2nnc(SCC(=O)NCCc3c[nH]c4ccccc34)n2-c2ccc(C)cc2)cc1. The van der Waals surface area contributed by atoms with Gasteiger partial charge >= 0.3 is 0 Å². The van der Waals surface area contributed by atoms with Gasteiger partial charge in [0.15, 0.2) is 11.0 Å². The second kappa shape index (κ2) is 10.7. The normalized spacial score (nSPS) is 11.1. The van der Waals surface area contributed by atoms with Crippen LogP contribution >= 0.6 is 11.8 Å². The molecule has 5 rings (SSSR count). The summed E-state index contributed by atoms with van der Waals surface area (Å²) in [5.74, 6) is 1.70. The first-order chi connectivity index (χ1) is 17.6. The number of rotatable bonds is 9. The van der Waals surface area contributed by atoms with Crippen molar-refractivity contribution >= 4 is 28.6 Å². The van der Waals surface area contributed by atoms with E-state index in [1.165, 1.54) is 28.3 Å². The molecule has 182 valence electrons. The second-order valence-electron chi connectivity index (χ2n) is 8.45. The number of hydrogen-bond donors (Lipinski definition) is 2. The van der Waals surface area contributed by atoms with Crippen molar-refractivity contribution in [3.05, 3.63) is 90.1 Å². The smallest absolute Gasteiger partial charge is 0.230 e. The van der Waals surface area contributed by atoms with Gasteiger partial charge in [-0.3, -0.25) is 9.36 Å². The lowest BCUT2D eigenvalue weighted by Crippen LogP contribution is -2.27. The third-order valence-corrected chi connectivity index (χ3v) is 6.93. The molecule has 0 fully saturated rings. The number of aromatic amines is 1. The van der Waals surface area contributed by atoms with Crippen molar-refractivity contribution in [1.29, 1.82) is 0 Å². The summed E-state index contributed by atoms with van der Waals surface area (Å²) in [5, 5.41) is 13.8. The summed E-state index contributed by atoms with van der Waals surface area (Å²) in [6.45, 7) is 2.62. The topological polar surface area (TPSA) is 84.8 Å². The van der Waals surface area contributed by atoms with Gasteiger partial charge < -0.3 is 15.0 Å². The van der Waals surface area contributed by atoms with Gasteiger partial charge in [-0.05, 0) is 61.4 Å². The first kappa shape index (κ1) is 23.7. The number of hydrogen-bond acceptors (Lipinski definition) is 5. The number of fused-ring (bicyclic) bond motifs is 1. The van der Waals surface area contributed by atoms with Gasteiger partial charge in [0, 0.05) is 34.9 Å². The lowest BCUT2D eigenvalue weighted by molar-refractivity contribution is -0.118. The van der Waals surface area contributed by atoms with E-state index in [9.17, 15) is 4.79 Å². The quantitative estimate of drug-likeness (QED) is 0.274. The summed E-state index contributed by atoms with van der Waals surface area (Å²) in [6, 6.07) is 24.1. The molecule has 0 unspecified atom stereocenters. The Labute approximate surface area is 213 Å². The molecule has 7 nitrogen and oxygen atoms in total. The zero-order chi connectivity index (χ0) is 24.9. The van der Waals surface area contributed by atoms with Gasteiger partial charge in [-0.1, -0.05) is 47.7 Å². The molecule has 0 aliphatic rings. The molecule has 2 heterocycles. The number of methoxy groups -OCH3 is 1. The minimum atomic E-state index is -0.0377. The van der Waals surface area contributed by atoms with Gasteiger partial charge in [0.2, 0.25) is 5.91 Å². The van der Waals surface area contributed by atoms with Crippen molar-refractivity contribution in [3.63, 3.8) is 0 Å². The average molecular weight is 498 g/mol. The number of nitrogens with one attached hydrogen (secondary N) is 2. The molecular weight excluding hydrogens is 470 g/mol. The van der Waals surface area contributed by atoms with Gasteiger partial charge in [-0.25, -0.2) is 0 Å². The Kier molecular flexibility index (Phi) is 7.04. The first-order valence-corrected chi connectivity index (χ1v) is 12.7. The molecule has 0 aliphatic carbocycles. The van der Waals surface area contributed by atoms with Crippen LogP contribution in [0.2, 0.25) is 0 Å². The minimum Gasteiger partial charge on any atom is -0.497 e. The lowest BCUT2D eigenvalue weighted by Gasteiger charge is -2.11. The second-order valence-corrected chi connectivity index (χ2v) is 9.40. The van der Waals surface area contributed by atoms with E-state index < -0.39 is 0 Å². The Morgan fingerprint density at radius 3 is 2.58 bits per heavy atom. The summed E-state index contributed by atoms with van der Waals surface area (Å²) < 4.78 is 7.28. The Morgan fingerprint density at radius 1 is 1.03 bits per heavy atom. The minimum absolute atomic E-state index is 0.0377. The molecule has 1 amide bonds. The number of H-pyrrole nitrogens is 1. The first-order valence-electron chi connectivity index (χ1n) is 11.7. The Hall–Kier alpha value is -4.04. The number of carbonyl (C=O) groups excluding carboxylic acids is 1. The lowest BCUT2D eigenvalue weighted by atomic mass is 10.1. The predicted octanol–water partition coefficient (Wildman–Crippen LogP) is 5.18. The van der Waals surface area contributed by atoms with Crippen LogP contribution in [0.5, 0.6) is 5.75 Å². The number of carbonyl (C=O) groups is 1. The van der Waals surface area contributed by atoms with Crippen molar-refractivity contribution in [2.24, 2.45) is 0 Å². The maximum atomic E-state index is 12.6. The van der Waals surface area contributed by atoms with Crippen LogP contribution in [-0.4, -0.2) is 45.1 Å². The number of amides is 1. The fraction of sp³-hybridized carbons (Fsp3) is 0.179. The summed E-state index contributed by atoms with van der Waals surface area (Å²) in [6.07, 6.45) is 2.78.